The Morgan fingerprint density at radius 1 is 0.300 bits per heavy atom. The molecule has 0 radical (unpaired) electrons. The molecule has 0 fully saturated rings. The number of nitrogens with zero attached hydrogens (tertiary/aromatic N) is 8. The Morgan fingerprint density at radius 3 is 0.825 bits per heavy atom. The van der Waals surface area contributed by atoms with Crippen LogP contribution in [0.2, 0.25) is 0 Å². The van der Waals surface area contributed by atoms with E-state index < -0.39 is 0 Å². The van der Waals surface area contributed by atoms with Gasteiger partial charge in [-0.3, -0.25) is 0 Å². The summed E-state index contributed by atoms with van der Waals surface area (Å²) < 4.78 is 24.2. The van der Waals surface area contributed by atoms with E-state index in [2.05, 4.69) is 40.8 Å². The topological polar surface area (TPSA) is 156 Å². The number of hydrogen-bond donors (Lipinski definition) is 0. The van der Waals surface area contributed by atoms with Gasteiger partial charge in [-0.2, -0.15) is 0 Å². The number of rotatable bonds is 0. The van der Waals surface area contributed by atoms with Crippen molar-refractivity contribution < 1.29 is 17.7 Å². The summed E-state index contributed by atoms with van der Waals surface area (Å²) in [5.74, 6) is 0. The largest absolute Gasteiger partial charge is 0.412 e. The standard InChI is InChI=1S/C28H12N8O4/c1-5-13-6-2-10-16-19(13)15(9-1)21-29-33-25(37-21)26-34-31-23(39-26)17-11-3-7-14-8-4-12-18(20(14)17)24-32-36-28(40-24)27-35-30-22(16)38-27/h1-12H. The quantitative estimate of drug-likeness (QED) is 0.224. The molecule has 0 aliphatic rings. The number of aromatic nitrogens is 8. The monoisotopic (exact) mass is 524 g/mol. The summed E-state index contributed by atoms with van der Waals surface area (Å²) in [6.45, 7) is 0. The lowest BCUT2D eigenvalue weighted by Crippen LogP contribution is -1.79. The van der Waals surface area contributed by atoms with Crippen LogP contribution >= 0.6 is 0 Å². The van der Waals surface area contributed by atoms with Crippen molar-refractivity contribution in [3.05, 3.63) is 72.8 Å². The lowest BCUT2D eigenvalue weighted by atomic mass is 10.0. The highest BCUT2D eigenvalue weighted by atomic mass is 16.4. The van der Waals surface area contributed by atoms with Gasteiger partial charge in [0, 0.05) is 32.3 Å². The highest BCUT2D eigenvalue weighted by Crippen LogP contribution is 2.32. The molecule has 40 heavy (non-hydrogen) atoms. The van der Waals surface area contributed by atoms with E-state index in [0.717, 1.165) is 21.5 Å². The van der Waals surface area contributed by atoms with Crippen LogP contribution in [0.25, 0.3) is 88.8 Å². The maximum Gasteiger partial charge on any atom is 0.306 e. The molecule has 9 rings (SSSR count). The summed E-state index contributed by atoms with van der Waals surface area (Å²) in [7, 11) is 0. The average molecular weight is 524 g/mol. The highest BCUT2D eigenvalue weighted by molar-refractivity contribution is 6.17. The smallest absolute Gasteiger partial charge is 0.306 e. The highest BCUT2D eigenvalue weighted by Gasteiger charge is 2.14. The Labute approximate surface area is 220 Å². The fourth-order valence-electron chi connectivity index (χ4n) is 5.07. The molecule has 12 heteroatoms. The molecule has 0 amide bonds. The first-order valence-electron chi connectivity index (χ1n) is 12.2. The van der Waals surface area contributed by atoms with Crippen LogP contribution in [0.4, 0.5) is 0 Å². The molecule has 9 aromatic rings. The van der Waals surface area contributed by atoms with Gasteiger partial charge >= 0.3 is 22.9 Å². The van der Waals surface area contributed by atoms with E-state index in [1.807, 2.05) is 72.8 Å². The van der Waals surface area contributed by atoms with Crippen LogP contribution in [0.5, 0.6) is 0 Å². The van der Waals surface area contributed by atoms with Gasteiger partial charge in [-0.1, -0.05) is 48.5 Å². The van der Waals surface area contributed by atoms with Crippen molar-refractivity contribution >= 4 is 88.8 Å². The van der Waals surface area contributed by atoms with Crippen molar-refractivity contribution in [3.63, 3.8) is 0 Å². The zero-order chi connectivity index (χ0) is 26.2. The Bertz CT molecular complexity index is 2230. The Kier molecular flexibility index (Phi) is 4.05. The van der Waals surface area contributed by atoms with E-state index in [9.17, 15) is 0 Å². The van der Waals surface area contributed by atoms with E-state index >= 15 is 0 Å². The predicted octanol–water partition coefficient (Wildman–Crippen LogP) is 6.13. The molecule has 188 valence electrons. The van der Waals surface area contributed by atoms with Crippen molar-refractivity contribution in [2.75, 3.05) is 0 Å². The normalized spacial score (nSPS) is 12.0. The molecule has 0 spiro atoms. The van der Waals surface area contributed by atoms with Crippen LogP contribution in [0.15, 0.2) is 90.5 Å². The predicted molar refractivity (Wildman–Crippen MR) is 144 cm³/mol. The van der Waals surface area contributed by atoms with E-state index in [0.29, 0.717) is 21.5 Å². The van der Waals surface area contributed by atoms with Crippen molar-refractivity contribution in [1.29, 1.82) is 0 Å². The van der Waals surface area contributed by atoms with E-state index in [1.165, 1.54) is 0 Å². The summed E-state index contributed by atoms with van der Waals surface area (Å²) in [4.78, 5) is 0. The van der Waals surface area contributed by atoms with Crippen LogP contribution in [0, 0.1) is 0 Å². The molecule has 0 atom stereocenters. The lowest BCUT2D eigenvalue weighted by Gasteiger charge is -2.00. The lowest BCUT2D eigenvalue weighted by molar-refractivity contribution is 0.619. The second-order valence-corrected chi connectivity index (χ2v) is 9.07. The second kappa shape index (κ2) is 7.74. The third kappa shape index (κ3) is 2.95. The molecule has 4 aromatic carbocycles. The van der Waals surface area contributed by atoms with Gasteiger partial charge in [0.05, 0.1) is 0 Å². The molecule has 0 N–H and O–H groups in total. The van der Waals surface area contributed by atoms with Crippen molar-refractivity contribution in [1.82, 2.24) is 40.8 Å². The Hall–Kier alpha value is -6.04. The van der Waals surface area contributed by atoms with Gasteiger partial charge in [0.15, 0.2) is 0 Å². The molecule has 5 aromatic heterocycles. The molecule has 0 unspecified atom stereocenters. The zero-order valence-electron chi connectivity index (χ0n) is 20.1. The van der Waals surface area contributed by atoms with Gasteiger partial charge < -0.3 is 17.7 Å². The zero-order valence-corrected chi connectivity index (χ0v) is 20.1. The molecule has 8 bridgehead atoms. The fraction of sp³-hybridized carbons (Fsp3) is 0. The summed E-state index contributed by atoms with van der Waals surface area (Å²) in [5.41, 5.74) is 1.42. The van der Waals surface area contributed by atoms with Gasteiger partial charge in [0.1, 0.15) is 0 Å². The average Bonchev–Trinajstić information content (AvgIpc) is 3.81. The Morgan fingerprint density at radius 2 is 0.550 bits per heavy atom. The first kappa shape index (κ1) is 21.0. The summed E-state index contributed by atoms with van der Waals surface area (Å²) in [6.07, 6.45) is 0. The van der Waals surface area contributed by atoms with Crippen LogP contribution in [0.1, 0.15) is 0 Å². The minimum absolute atomic E-state index is 0.0893. The number of fused-ring (bicyclic) bond motifs is 14. The second-order valence-electron chi connectivity index (χ2n) is 9.07. The van der Waals surface area contributed by atoms with E-state index in [4.69, 9.17) is 17.7 Å². The summed E-state index contributed by atoms with van der Waals surface area (Å²) >= 11 is 0. The van der Waals surface area contributed by atoms with Gasteiger partial charge in [-0.25, -0.2) is 0 Å². The summed E-state index contributed by atoms with van der Waals surface area (Å²) in [6, 6.07) is 23.0. The first-order chi connectivity index (χ1) is 19.8. The van der Waals surface area contributed by atoms with Gasteiger partial charge in [-0.15, -0.1) is 40.8 Å². The maximum absolute atomic E-state index is 6.05. The molecule has 0 aliphatic heterocycles. The third-order valence-corrected chi connectivity index (χ3v) is 6.80. The van der Waals surface area contributed by atoms with Crippen LogP contribution in [-0.4, -0.2) is 40.8 Å². The molecular formula is C28H12N8O4. The number of benzene rings is 4. The Balaban J connectivity index is 1.55. The molecule has 5 heterocycles. The SMILES string of the molecule is c1cc2cccc3c4nnc(o4)c4nnc(o4)c4cccc5cccc(c6nnc(o6)c6nnc(o6)c(c1)c23)c54. The minimum Gasteiger partial charge on any atom is -0.412 e. The molecule has 0 saturated heterocycles. The molecule has 12 nitrogen and oxygen atoms in total. The van der Waals surface area contributed by atoms with Crippen LogP contribution in [-0.2, 0) is 0 Å². The molecule has 0 saturated carbocycles. The molecular weight excluding hydrogens is 512 g/mol. The third-order valence-electron chi connectivity index (χ3n) is 6.80. The van der Waals surface area contributed by atoms with Crippen molar-refractivity contribution in [3.8, 4) is 0 Å². The van der Waals surface area contributed by atoms with Gasteiger partial charge in [0.25, 0.3) is 0 Å². The minimum atomic E-state index is 0.0893. The summed E-state index contributed by atoms with van der Waals surface area (Å²) in [5, 5.41) is 40.1. The van der Waals surface area contributed by atoms with Crippen molar-refractivity contribution in [2.45, 2.75) is 0 Å². The van der Waals surface area contributed by atoms with Crippen LogP contribution in [0.3, 0.4) is 0 Å². The van der Waals surface area contributed by atoms with Gasteiger partial charge in [-0.05, 0) is 35.0 Å². The number of hydrogen-bond acceptors (Lipinski definition) is 12. The van der Waals surface area contributed by atoms with Gasteiger partial charge in [0.2, 0.25) is 22.9 Å². The fourth-order valence-corrected chi connectivity index (χ4v) is 5.07. The maximum atomic E-state index is 6.05. The van der Waals surface area contributed by atoms with Crippen LogP contribution < -0.4 is 0 Å². The van der Waals surface area contributed by atoms with Crippen molar-refractivity contribution in [2.24, 2.45) is 0 Å². The first-order valence-corrected chi connectivity index (χ1v) is 12.2. The van der Waals surface area contributed by atoms with E-state index in [-0.39, 0.29) is 45.7 Å². The van der Waals surface area contributed by atoms with E-state index in [1.54, 1.807) is 0 Å². The molecule has 0 aliphatic carbocycles.